The van der Waals surface area contributed by atoms with E-state index in [1.807, 2.05) is 0 Å². The van der Waals surface area contributed by atoms with Gasteiger partial charge < -0.3 is 30.9 Å². The molecule has 6 fully saturated rings. The summed E-state index contributed by atoms with van der Waals surface area (Å²) in [5, 5.41) is 0. The average Bonchev–Trinajstić information content (AvgIpc) is 3.21. The van der Waals surface area contributed by atoms with Gasteiger partial charge >= 0.3 is 11.9 Å². The highest BCUT2D eigenvalue weighted by Gasteiger charge is 2.67. The van der Waals surface area contributed by atoms with Crippen molar-refractivity contribution in [2.75, 3.05) is 33.2 Å². The molecule has 4 aliphatic carbocycles. The quantitative estimate of drug-likeness (QED) is 0.351. The first-order valence-corrected chi connectivity index (χ1v) is 17.0. The van der Waals surface area contributed by atoms with E-state index in [0.29, 0.717) is 35.3 Å². The zero-order chi connectivity index (χ0) is 28.3. The maximum atomic E-state index is 12.5. The van der Waals surface area contributed by atoms with E-state index in [9.17, 15) is 9.59 Å². The van der Waals surface area contributed by atoms with Crippen LogP contribution in [0.25, 0.3) is 0 Å². The first-order valence-electron chi connectivity index (χ1n) is 17.0. The number of quaternary nitrogens is 1. The van der Waals surface area contributed by atoms with Crippen LogP contribution in [0.4, 0.5) is 0 Å². The van der Waals surface area contributed by atoms with E-state index in [1.165, 1.54) is 90.1 Å². The van der Waals surface area contributed by atoms with E-state index in [1.54, 1.807) is 13.8 Å². The van der Waals surface area contributed by atoms with Crippen molar-refractivity contribution in [1.29, 1.82) is 0 Å². The van der Waals surface area contributed by atoms with E-state index in [4.69, 9.17) is 9.47 Å². The third-order valence-electron chi connectivity index (χ3n) is 13.7. The third-order valence-corrected chi connectivity index (χ3v) is 13.7. The van der Waals surface area contributed by atoms with Crippen molar-refractivity contribution < 1.29 is 40.5 Å². The van der Waals surface area contributed by atoms with E-state index in [2.05, 4.69) is 25.8 Å². The van der Waals surface area contributed by atoms with Crippen molar-refractivity contribution in [3.63, 3.8) is 0 Å². The number of nitrogens with zero attached hydrogens (tertiary/aromatic N) is 2. The van der Waals surface area contributed by atoms with Crippen molar-refractivity contribution in [2.24, 2.45) is 34.5 Å². The van der Waals surface area contributed by atoms with Crippen LogP contribution >= 0.6 is 0 Å². The molecule has 1 unspecified atom stereocenters. The van der Waals surface area contributed by atoms with Gasteiger partial charge in [-0.05, 0) is 113 Å². The Morgan fingerprint density at radius 2 is 1.46 bits per heavy atom. The first-order chi connectivity index (χ1) is 19.0. The zero-order valence-electron chi connectivity index (χ0n) is 26.5. The van der Waals surface area contributed by atoms with Crippen molar-refractivity contribution in [2.45, 2.75) is 135 Å². The van der Waals surface area contributed by atoms with Gasteiger partial charge in [-0.3, -0.25) is 14.5 Å². The molecule has 10 atom stereocenters. The highest BCUT2D eigenvalue weighted by atomic mass is 79.9. The molecule has 2 heterocycles. The number of piperidine rings is 2. The Balaban J connectivity index is 0.00000337. The Morgan fingerprint density at radius 1 is 0.805 bits per heavy atom. The predicted molar refractivity (Wildman–Crippen MR) is 156 cm³/mol. The molecule has 0 radical (unpaired) electrons. The number of halogens is 1. The Labute approximate surface area is 260 Å². The van der Waals surface area contributed by atoms with Crippen LogP contribution in [0.15, 0.2) is 0 Å². The number of likely N-dealkylation sites (tertiary alicyclic amines) is 2. The molecule has 0 aromatic heterocycles. The second kappa shape index (κ2) is 12.0. The summed E-state index contributed by atoms with van der Waals surface area (Å²) in [5.74, 6) is 2.50. The number of ether oxygens (including phenoxy) is 2. The third kappa shape index (κ3) is 5.56. The van der Waals surface area contributed by atoms with Crippen LogP contribution in [0.3, 0.4) is 0 Å². The molecule has 6 aliphatic rings. The van der Waals surface area contributed by atoms with E-state index < -0.39 is 0 Å². The van der Waals surface area contributed by atoms with Crippen molar-refractivity contribution >= 4 is 11.9 Å². The van der Waals surface area contributed by atoms with Crippen LogP contribution in [-0.4, -0.2) is 78.8 Å². The molecule has 0 aromatic rings. The van der Waals surface area contributed by atoms with Crippen LogP contribution in [0.1, 0.15) is 111 Å². The molecule has 0 amide bonds. The molecular formula is C34H57BrN2O4. The van der Waals surface area contributed by atoms with Crippen molar-refractivity contribution in [3.05, 3.63) is 0 Å². The molecule has 6 nitrogen and oxygen atoms in total. The van der Waals surface area contributed by atoms with Gasteiger partial charge in [-0.15, -0.1) is 0 Å². The summed E-state index contributed by atoms with van der Waals surface area (Å²) in [6.07, 6.45) is 16.3. The molecule has 0 N–H and O–H groups in total. The van der Waals surface area contributed by atoms with Gasteiger partial charge in [-0.25, -0.2) is 0 Å². The summed E-state index contributed by atoms with van der Waals surface area (Å²) in [5.41, 5.74) is 0.377. The van der Waals surface area contributed by atoms with Crippen LogP contribution in [0, 0.1) is 34.5 Å². The number of fused-ring (bicyclic) bond motifs is 5. The molecular weight excluding hydrogens is 580 g/mol. The number of hydrogen-bond acceptors (Lipinski definition) is 5. The monoisotopic (exact) mass is 636 g/mol. The molecule has 0 bridgehead atoms. The molecule has 234 valence electrons. The minimum absolute atomic E-state index is 0. The Kier molecular flexibility index (Phi) is 9.32. The minimum atomic E-state index is -0.111. The Bertz CT molecular complexity index is 964. The molecule has 2 aliphatic heterocycles. The lowest BCUT2D eigenvalue weighted by molar-refractivity contribution is -0.940. The summed E-state index contributed by atoms with van der Waals surface area (Å²) < 4.78 is 13.5. The van der Waals surface area contributed by atoms with Gasteiger partial charge in [0.25, 0.3) is 0 Å². The number of esters is 2. The Hall–Kier alpha value is -0.660. The normalized spacial score (nSPS) is 45.8. The second-order valence-corrected chi connectivity index (χ2v) is 15.8. The van der Waals surface area contributed by atoms with Gasteiger partial charge in [0.15, 0.2) is 6.10 Å². The molecule has 7 heteroatoms. The first kappa shape index (κ1) is 31.8. The van der Waals surface area contributed by atoms with Gasteiger partial charge in [-0.1, -0.05) is 20.3 Å². The van der Waals surface area contributed by atoms with Gasteiger partial charge in [-0.2, -0.15) is 0 Å². The molecule has 41 heavy (non-hydrogen) atoms. The molecule has 0 spiro atoms. The van der Waals surface area contributed by atoms with Crippen molar-refractivity contribution in [1.82, 2.24) is 4.90 Å². The summed E-state index contributed by atoms with van der Waals surface area (Å²) in [6.45, 7) is 13.1. The molecule has 6 rings (SSSR count). The summed E-state index contributed by atoms with van der Waals surface area (Å²) in [4.78, 5) is 27.4. The summed E-state index contributed by atoms with van der Waals surface area (Å²) in [7, 11) is 2.47. The smallest absolute Gasteiger partial charge is 0.303 e. The van der Waals surface area contributed by atoms with Crippen LogP contribution < -0.4 is 17.0 Å². The lowest BCUT2D eigenvalue weighted by atomic mass is 9.44. The Morgan fingerprint density at radius 3 is 2.12 bits per heavy atom. The van der Waals surface area contributed by atoms with E-state index in [0.717, 1.165) is 29.9 Å². The fraction of sp³-hybridized carbons (Fsp3) is 0.941. The fourth-order valence-corrected chi connectivity index (χ4v) is 11.7. The number of carbonyl (C=O) groups is 2. The lowest BCUT2D eigenvalue weighted by Crippen LogP contribution is -3.00. The van der Waals surface area contributed by atoms with E-state index in [-0.39, 0.29) is 46.5 Å². The molecule has 2 saturated heterocycles. The number of hydrogen-bond donors (Lipinski definition) is 0. The highest BCUT2D eigenvalue weighted by molar-refractivity contribution is 5.66. The number of carbonyl (C=O) groups excluding carboxylic acids is 2. The summed E-state index contributed by atoms with van der Waals surface area (Å²) >= 11 is 0. The highest BCUT2D eigenvalue weighted by Crippen LogP contribution is 2.67. The number of likely N-dealkylation sites (N-methyl/N-ethyl adjacent to an activating group) is 1. The second-order valence-electron chi connectivity index (χ2n) is 15.8. The fourth-order valence-electron chi connectivity index (χ4n) is 11.7. The number of rotatable bonds is 4. The molecule has 0 aromatic carbocycles. The maximum Gasteiger partial charge on any atom is 0.303 e. The van der Waals surface area contributed by atoms with Gasteiger partial charge in [0, 0.05) is 31.7 Å². The van der Waals surface area contributed by atoms with Crippen LogP contribution in [-0.2, 0) is 19.1 Å². The SMILES string of the molecule is CC(=O)O[C@H]1C[C@@H]2CC[C@H]3[C@@H]4C[C@H]([N+]5(C)CCCCC5)[C@H](OC(C)=O)C4(C)CC[C@@H]3[C@@]2(C)C[C@@H]1N1CCCCC1.[Br-]. The van der Waals surface area contributed by atoms with Gasteiger partial charge in [0.2, 0.25) is 0 Å². The lowest BCUT2D eigenvalue weighted by Gasteiger charge is -2.62. The maximum absolute atomic E-state index is 12.5. The van der Waals surface area contributed by atoms with E-state index >= 15 is 0 Å². The topological polar surface area (TPSA) is 55.8 Å². The predicted octanol–water partition coefficient (Wildman–Crippen LogP) is 2.97. The van der Waals surface area contributed by atoms with Crippen LogP contribution in [0.2, 0.25) is 0 Å². The standard InChI is InChI=1S/C34H57N2O4.BrH/c1-23(37)39-31-20-25-12-13-26-27(34(25,4)22-29(31)35-16-8-6-9-17-35)14-15-33(3)28(26)21-30(32(33)40-24(2)38)36(5)18-10-7-11-19-36;/h25-32H,6-22H2,1-5H3;1H/q+1;/p-1/t25-,26+,27-,28-,29-,30-,31-,32-,33?,34-;/m0./s1. The zero-order valence-corrected chi connectivity index (χ0v) is 28.1. The van der Waals surface area contributed by atoms with Gasteiger partial charge in [0.1, 0.15) is 12.1 Å². The summed E-state index contributed by atoms with van der Waals surface area (Å²) in [6, 6.07) is 0.796. The van der Waals surface area contributed by atoms with Gasteiger partial charge in [0.05, 0.1) is 20.1 Å². The van der Waals surface area contributed by atoms with Crippen molar-refractivity contribution in [3.8, 4) is 0 Å². The average molecular weight is 638 g/mol. The molecule has 4 saturated carbocycles. The minimum Gasteiger partial charge on any atom is -1.00 e. The van der Waals surface area contributed by atoms with Crippen LogP contribution in [0.5, 0.6) is 0 Å². The largest absolute Gasteiger partial charge is 1.00 e.